The zero-order valence-corrected chi connectivity index (χ0v) is 8.74. The first-order chi connectivity index (χ1) is 5.79. The summed E-state index contributed by atoms with van der Waals surface area (Å²) >= 11 is 1.60. The molecule has 0 saturated heterocycles. The number of aliphatic imine (C=N–C) groups is 1. The fourth-order valence-electron chi connectivity index (χ4n) is 0.811. The Morgan fingerprint density at radius 1 is 1.50 bits per heavy atom. The van der Waals surface area contributed by atoms with Gasteiger partial charge in [-0.2, -0.15) is 0 Å². The molecule has 0 aliphatic carbocycles. The quantitative estimate of drug-likeness (QED) is 0.610. The molecule has 1 heterocycles. The van der Waals surface area contributed by atoms with Gasteiger partial charge in [-0.05, 0) is 24.6 Å². The molecule has 0 atom stereocenters. The second-order valence-corrected chi connectivity index (χ2v) is 2.86. The maximum absolute atomic E-state index is 3.86. The van der Waals surface area contributed by atoms with Crippen molar-refractivity contribution in [1.29, 1.82) is 0 Å². The van der Waals surface area contributed by atoms with E-state index in [9.17, 15) is 0 Å². The normalized spacial score (nSPS) is 8.25. The van der Waals surface area contributed by atoms with E-state index in [0.717, 1.165) is 10.6 Å². The van der Waals surface area contributed by atoms with Crippen LogP contribution in [0.2, 0.25) is 0 Å². The van der Waals surface area contributed by atoms with Gasteiger partial charge in [-0.1, -0.05) is 26.5 Å². The molecule has 1 aromatic heterocycles. The van der Waals surface area contributed by atoms with Crippen LogP contribution in [0.5, 0.6) is 0 Å². The maximum atomic E-state index is 3.86. The van der Waals surface area contributed by atoms with Crippen molar-refractivity contribution in [3.05, 3.63) is 23.1 Å². The molecular formula is C10H15NS. The largest absolute Gasteiger partial charge is 0.253 e. The Morgan fingerprint density at radius 3 is 2.42 bits per heavy atom. The Morgan fingerprint density at radius 2 is 2.08 bits per heavy atom. The topological polar surface area (TPSA) is 12.4 Å². The number of hydrogen-bond acceptors (Lipinski definition) is 2. The molecule has 0 fully saturated rings. The summed E-state index contributed by atoms with van der Waals surface area (Å²) < 4.78 is 0. The lowest BCUT2D eigenvalue weighted by Gasteiger charge is -1.89. The average molecular weight is 181 g/mol. The molecular weight excluding hydrogens is 166 g/mol. The number of hydrogen-bond donors (Lipinski definition) is 0. The molecule has 0 aliphatic rings. The van der Waals surface area contributed by atoms with Gasteiger partial charge in [-0.15, -0.1) is 11.3 Å². The van der Waals surface area contributed by atoms with Crippen molar-refractivity contribution < 1.29 is 0 Å². The molecule has 1 rings (SSSR count). The predicted octanol–water partition coefficient (Wildman–Crippen LogP) is 4.06. The van der Waals surface area contributed by atoms with Crippen LogP contribution in [0.25, 0.3) is 6.08 Å². The third-order valence-corrected chi connectivity index (χ3v) is 2.39. The lowest BCUT2D eigenvalue weighted by Crippen LogP contribution is -1.68. The van der Waals surface area contributed by atoms with E-state index in [1.54, 1.807) is 11.3 Å². The van der Waals surface area contributed by atoms with E-state index in [1.807, 2.05) is 26.8 Å². The third kappa shape index (κ3) is 2.31. The van der Waals surface area contributed by atoms with E-state index in [1.165, 1.54) is 5.56 Å². The summed E-state index contributed by atoms with van der Waals surface area (Å²) in [5.74, 6) is 0. The first-order valence-electron chi connectivity index (χ1n) is 3.97. The Hall–Kier alpha value is -0.890. The molecule has 0 radical (unpaired) electrons. The molecule has 0 unspecified atom stereocenters. The fourth-order valence-corrected chi connectivity index (χ4v) is 1.67. The van der Waals surface area contributed by atoms with Crippen molar-refractivity contribution in [2.45, 2.75) is 20.8 Å². The molecule has 1 nitrogen and oxygen atoms in total. The summed E-state index contributed by atoms with van der Waals surface area (Å²) in [5.41, 5.74) is 2.34. The van der Waals surface area contributed by atoms with Gasteiger partial charge >= 0.3 is 0 Å². The van der Waals surface area contributed by atoms with Crippen LogP contribution in [0.4, 0.5) is 5.00 Å². The van der Waals surface area contributed by atoms with Crippen molar-refractivity contribution in [1.82, 2.24) is 0 Å². The Balaban J connectivity index is 0.000000561. The minimum absolute atomic E-state index is 0.965. The van der Waals surface area contributed by atoms with E-state index in [2.05, 4.69) is 23.7 Å². The summed E-state index contributed by atoms with van der Waals surface area (Å²) in [6.07, 6.45) is 1.82. The number of nitrogens with zero attached hydrogens (tertiary/aromatic N) is 1. The number of thiophene rings is 1. The Labute approximate surface area is 78.5 Å². The minimum atomic E-state index is 0.965. The lowest BCUT2D eigenvalue weighted by molar-refractivity contribution is 1.50. The third-order valence-electron chi connectivity index (χ3n) is 1.35. The van der Waals surface area contributed by atoms with Gasteiger partial charge in [0.1, 0.15) is 5.00 Å². The lowest BCUT2D eigenvalue weighted by atomic mass is 10.2. The monoisotopic (exact) mass is 181 g/mol. The zero-order chi connectivity index (χ0) is 9.56. The maximum Gasteiger partial charge on any atom is 0.122 e. The summed E-state index contributed by atoms with van der Waals surface area (Å²) in [6, 6.07) is 0. The molecule has 0 aromatic carbocycles. The van der Waals surface area contributed by atoms with Crippen molar-refractivity contribution in [3.8, 4) is 0 Å². The van der Waals surface area contributed by atoms with Gasteiger partial charge < -0.3 is 0 Å². The molecule has 0 bridgehead atoms. The molecule has 0 saturated carbocycles. The number of aryl methyl sites for hydroxylation is 1. The van der Waals surface area contributed by atoms with E-state index in [-0.39, 0.29) is 0 Å². The average Bonchev–Trinajstić information content (AvgIpc) is 2.49. The van der Waals surface area contributed by atoms with E-state index in [0.29, 0.717) is 0 Å². The van der Waals surface area contributed by atoms with Crippen LogP contribution in [0.1, 0.15) is 25.0 Å². The van der Waals surface area contributed by atoms with Crippen molar-refractivity contribution in [3.63, 3.8) is 0 Å². The molecule has 0 spiro atoms. The van der Waals surface area contributed by atoms with Crippen LogP contribution in [0.3, 0.4) is 0 Å². The van der Waals surface area contributed by atoms with Gasteiger partial charge in [0.25, 0.3) is 0 Å². The highest BCUT2D eigenvalue weighted by Gasteiger charge is 2.01. The summed E-state index contributed by atoms with van der Waals surface area (Å²) in [7, 11) is 0. The highest BCUT2D eigenvalue weighted by atomic mass is 32.1. The van der Waals surface area contributed by atoms with Gasteiger partial charge in [0.15, 0.2) is 0 Å². The van der Waals surface area contributed by atoms with Crippen LogP contribution >= 0.6 is 11.3 Å². The first kappa shape index (κ1) is 11.1. The standard InChI is InChI=1S/C8H9NS.C2H6/c1-4-7-6(2)5-10-8(7)9-3;1-2/h4-5H,1,3H2,2H3;1-2H3. The first-order valence-corrected chi connectivity index (χ1v) is 4.84. The molecule has 0 amide bonds. The minimum Gasteiger partial charge on any atom is -0.253 e. The SMILES string of the molecule is C=Cc1c(C)csc1N=C.CC. The molecule has 66 valence electrons. The second kappa shape index (κ2) is 5.72. The van der Waals surface area contributed by atoms with Crippen molar-refractivity contribution >= 4 is 29.1 Å². The van der Waals surface area contributed by atoms with Crippen LogP contribution in [0, 0.1) is 6.92 Å². The van der Waals surface area contributed by atoms with Gasteiger partial charge in [-0.3, -0.25) is 4.99 Å². The Kier molecular flexibility index (Phi) is 5.30. The van der Waals surface area contributed by atoms with Gasteiger partial charge in [0, 0.05) is 5.56 Å². The highest BCUT2D eigenvalue weighted by Crippen LogP contribution is 2.30. The summed E-state index contributed by atoms with van der Waals surface area (Å²) in [4.78, 5) is 3.86. The van der Waals surface area contributed by atoms with Crippen LogP contribution in [-0.4, -0.2) is 6.72 Å². The smallest absolute Gasteiger partial charge is 0.122 e. The number of rotatable bonds is 2. The predicted molar refractivity (Wildman–Crippen MR) is 59.7 cm³/mol. The molecule has 1 aromatic rings. The van der Waals surface area contributed by atoms with Crippen LogP contribution < -0.4 is 0 Å². The van der Waals surface area contributed by atoms with E-state index in [4.69, 9.17) is 0 Å². The molecule has 12 heavy (non-hydrogen) atoms. The van der Waals surface area contributed by atoms with Gasteiger partial charge in [0.2, 0.25) is 0 Å². The van der Waals surface area contributed by atoms with Crippen molar-refractivity contribution in [2.75, 3.05) is 0 Å². The summed E-state index contributed by atoms with van der Waals surface area (Å²) in [6.45, 7) is 13.2. The van der Waals surface area contributed by atoms with Gasteiger partial charge in [0.05, 0.1) is 0 Å². The zero-order valence-electron chi connectivity index (χ0n) is 7.92. The molecule has 0 N–H and O–H groups in total. The van der Waals surface area contributed by atoms with Crippen LogP contribution in [-0.2, 0) is 0 Å². The van der Waals surface area contributed by atoms with E-state index < -0.39 is 0 Å². The molecule has 2 heteroatoms. The van der Waals surface area contributed by atoms with Gasteiger partial charge in [-0.25, -0.2) is 0 Å². The fraction of sp³-hybridized carbons (Fsp3) is 0.300. The van der Waals surface area contributed by atoms with Crippen LogP contribution in [0.15, 0.2) is 17.0 Å². The second-order valence-electron chi connectivity index (χ2n) is 2.00. The summed E-state index contributed by atoms with van der Waals surface area (Å²) in [5, 5.41) is 3.02. The van der Waals surface area contributed by atoms with Crippen molar-refractivity contribution in [2.24, 2.45) is 4.99 Å². The molecule has 0 aliphatic heterocycles. The highest BCUT2D eigenvalue weighted by molar-refractivity contribution is 7.14. The van der Waals surface area contributed by atoms with E-state index >= 15 is 0 Å². The Bertz CT molecular complexity index is 261.